The van der Waals surface area contributed by atoms with Gasteiger partial charge in [-0.15, -0.1) is 0 Å². The number of carbonyl (C=O) groups excluding carboxylic acids is 2. The lowest BCUT2D eigenvalue weighted by molar-refractivity contribution is -0.115. The van der Waals surface area contributed by atoms with E-state index in [0.29, 0.717) is 36.8 Å². The number of amides is 2. The van der Waals surface area contributed by atoms with Crippen LogP contribution >= 0.6 is 11.6 Å². The highest BCUT2D eigenvalue weighted by molar-refractivity contribution is 6.34. The fourth-order valence-corrected chi connectivity index (χ4v) is 4.07. The minimum Gasteiger partial charge on any atom is -0.489 e. The van der Waals surface area contributed by atoms with E-state index < -0.39 is 11.5 Å². The van der Waals surface area contributed by atoms with Crippen LogP contribution in [0.3, 0.4) is 0 Å². The molecule has 1 saturated carbocycles. The number of rotatable bonds is 9. The van der Waals surface area contributed by atoms with E-state index in [4.69, 9.17) is 36.0 Å². The molecule has 0 aromatic heterocycles. The van der Waals surface area contributed by atoms with Crippen LogP contribution < -0.4 is 30.3 Å². The van der Waals surface area contributed by atoms with E-state index in [0.717, 1.165) is 12.8 Å². The smallest absolute Gasteiger partial charge is 0.339 e. The van der Waals surface area contributed by atoms with E-state index in [2.05, 4.69) is 10.6 Å². The second-order valence-electron chi connectivity index (χ2n) is 8.87. The summed E-state index contributed by atoms with van der Waals surface area (Å²) in [6.45, 7) is 1.16. The maximum Gasteiger partial charge on any atom is 0.339 e. The first-order chi connectivity index (χ1) is 17.7. The molecule has 0 radical (unpaired) electrons. The van der Waals surface area contributed by atoms with Crippen LogP contribution in [0, 0.1) is 0 Å². The van der Waals surface area contributed by atoms with Crippen molar-refractivity contribution in [1.29, 1.82) is 0 Å². The maximum absolute atomic E-state index is 13.0. The topological polar surface area (TPSA) is 124 Å². The van der Waals surface area contributed by atoms with Crippen molar-refractivity contribution in [1.82, 2.24) is 15.5 Å². The number of nitrogens with zero attached hydrogens (tertiary/aromatic N) is 1. The highest BCUT2D eigenvalue weighted by atomic mass is 35.5. The fraction of sp³-hybridized carbons (Fsp3) is 0.346. The van der Waals surface area contributed by atoms with Crippen molar-refractivity contribution in [2.45, 2.75) is 18.4 Å². The Morgan fingerprint density at radius 2 is 2.03 bits per heavy atom. The number of likely N-dealkylation sites (N-methyl/N-ethyl adjacent to an activating group) is 1. The van der Waals surface area contributed by atoms with Gasteiger partial charge in [0, 0.05) is 39.5 Å². The number of benzene rings is 2. The van der Waals surface area contributed by atoms with Gasteiger partial charge in [0.2, 0.25) is 0 Å². The van der Waals surface area contributed by atoms with Crippen LogP contribution in [-0.4, -0.2) is 69.1 Å². The highest BCUT2D eigenvalue weighted by Crippen LogP contribution is 2.43. The summed E-state index contributed by atoms with van der Waals surface area (Å²) in [6.07, 6.45) is 4.79. The van der Waals surface area contributed by atoms with Crippen molar-refractivity contribution < 1.29 is 33.9 Å². The molecule has 37 heavy (non-hydrogen) atoms. The number of nitrogens with one attached hydrogen (secondary N) is 2. The number of fused-ring (bicyclic) bond motifs is 1. The molecule has 1 heterocycles. The van der Waals surface area contributed by atoms with Gasteiger partial charge in [0.25, 0.3) is 11.7 Å². The predicted octanol–water partition coefficient (Wildman–Crippen LogP) is 1.78. The summed E-state index contributed by atoms with van der Waals surface area (Å²) in [5, 5.41) is 11.5. The molecule has 1 aliphatic heterocycles. The number of methoxy groups -OCH3 is 1. The monoisotopic (exact) mass is 529 g/mol. The Morgan fingerprint density at radius 3 is 2.73 bits per heavy atom. The predicted molar refractivity (Wildman–Crippen MR) is 137 cm³/mol. The summed E-state index contributed by atoms with van der Waals surface area (Å²) in [5.74, 6) is 0.780. The molecule has 0 saturated heterocycles. The summed E-state index contributed by atoms with van der Waals surface area (Å²) in [6, 6.07) is 8.03. The Morgan fingerprint density at radius 1 is 1.27 bits per heavy atom. The third-order valence-corrected chi connectivity index (χ3v) is 6.28. The molecule has 196 valence electrons. The van der Waals surface area contributed by atoms with Gasteiger partial charge in [-0.2, -0.15) is 0 Å². The van der Waals surface area contributed by atoms with Crippen molar-refractivity contribution >= 4 is 29.3 Å². The van der Waals surface area contributed by atoms with Crippen LogP contribution in [0.5, 0.6) is 23.0 Å². The van der Waals surface area contributed by atoms with Gasteiger partial charge in [0.15, 0.2) is 5.75 Å². The van der Waals surface area contributed by atoms with E-state index in [1.54, 1.807) is 62.6 Å². The average Bonchev–Trinajstić information content (AvgIpc) is 3.64. The van der Waals surface area contributed by atoms with E-state index in [-0.39, 0.29) is 33.8 Å². The molecule has 0 atom stereocenters. The van der Waals surface area contributed by atoms with Gasteiger partial charge < -0.3 is 29.2 Å². The van der Waals surface area contributed by atoms with Crippen LogP contribution in [0.1, 0.15) is 33.6 Å². The summed E-state index contributed by atoms with van der Waals surface area (Å²) in [5.41, 5.74) is 0.176. The number of hydrogen-bond acceptors (Lipinski definition) is 7. The molecule has 4 N–H and O–H groups in total. The molecule has 0 bridgehead atoms. The Hall–Kier alpha value is -3.76. The van der Waals surface area contributed by atoms with Crippen molar-refractivity contribution in [3.05, 3.63) is 58.8 Å². The van der Waals surface area contributed by atoms with Crippen molar-refractivity contribution in [2.75, 3.05) is 41.0 Å². The molecule has 2 aliphatic rings. The van der Waals surface area contributed by atoms with Crippen LogP contribution in [-0.2, 0) is 4.74 Å². The number of amidine groups is 1. The van der Waals surface area contributed by atoms with Gasteiger partial charge in [-0.3, -0.25) is 10.2 Å². The Bertz CT molecular complexity index is 1240. The molecular formula is C26H30ClN4O6+. The zero-order chi connectivity index (χ0) is 26.6. The second kappa shape index (κ2) is 11.1. The third-order valence-electron chi connectivity index (χ3n) is 5.92. The third kappa shape index (κ3) is 6.15. The molecule has 0 spiro atoms. The largest absolute Gasteiger partial charge is 0.489 e. The molecule has 10 nitrogen and oxygen atoms in total. The average molecular weight is 530 g/mol. The van der Waals surface area contributed by atoms with Gasteiger partial charge in [-0.05, 0) is 37.1 Å². The molecule has 1 aliphatic carbocycles. The summed E-state index contributed by atoms with van der Waals surface area (Å²) in [7, 11) is 5.03. The van der Waals surface area contributed by atoms with Crippen molar-refractivity contribution in [3.63, 3.8) is 0 Å². The second-order valence-corrected chi connectivity index (χ2v) is 9.25. The normalized spacial score (nSPS) is 15.9. The number of hydrogen-bond donors (Lipinski definition) is 3. The summed E-state index contributed by atoms with van der Waals surface area (Å²) < 4.78 is 23.3. The lowest BCUT2D eigenvalue weighted by Gasteiger charge is -2.19. The Balaban J connectivity index is 1.65. The van der Waals surface area contributed by atoms with Crippen LogP contribution in [0.4, 0.5) is 0 Å². The molecule has 1 fully saturated rings. The number of nitrogens with two attached hydrogens (primary N) is 1. The number of ether oxygens (including phenoxy) is 4. The van der Waals surface area contributed by atoms with Gasteiger partial charge in [0.1, 0.15) is 34.5 Å². The molecule has 2 aromatic rings. The SMILES string of the molecule is CN/C=C\C(=[NH2+])NC(=O)c1cc(Oc2ccc3c(c2Cl)OCCN(C)C3=O)cc(OC2(COC)CC2)c1. The van der Waals surface area contributed by atoms with Gasteiger partial charge in [0.05, 0.1) is 24.3 Å². The van der Waals surface area contributed by atoms with Gasteiger partial charge >= 0.3 is 5.91 Å². The Kier molecular flexibility index (Phi) is 7.89. The van der Waals surface area contributed by atoms with Crippen molar-refractivity contribution in [3.8, 4) is 23.0 Å². The number of halogens is 1. The van der Waals surface area contributed by atoms with Crippen LogP contribution in [0.2, 0.25) is 5.02 Å². The highest BCUT2D eigenvalue weighted by Gasteiger charge is 2.46. The van der Waals surface area contributed by atoms with E-state index >= 15 is 0 Å². The minimum absolute atomic E-state index is 0.159. The molecular weight excluding hydrogens is 500 g/mol. The molecule has 4 rings (SSSR count). The lowest BCUT2D eigenvalue weighted by Crippen LogP contribution is -2.49. The standard InChI is InChI=1S/C26H29ClN4O6/c1-29-9-6-21(28)30-24(32)16-12-17(14-18(13-16)37-26(7-8-26)15-34-3)36-20-5-4-19-23(22(20)27)35-11-10-31(2)25(19)33/h4-6,9,12-14,29H,7-8,10-11,15H2,1-3H3,(H2,28,30,32)/p+1/b9-6-. The van der Waals surface area contributed by atoms with E-state index in [9.17, 15) is 9.59 Å². The zero-order valence-corrected chi connectivity index (χ0v) is 21.7. The first kappa shape index (κ1) is 26.3. The number of carbonyl (C=O) groups is 2. The Labute approximate surface area is 220 Å². The van der Waals surface area contributed by atoms with Gasteiger partial charge in [-0.25, -0.2) is 10.1 Å². The molecule has 2 aromatic carbocycles. The quantitative estimate of drug-likeness (QED) is 0.334. The van der Waals surface area contributed by atoms with Crippen molar-refractivity contribution in [2.24, 2.45) is 0 Å². The first-order valence-electron chi connectivity index (χ1n) is 11.7. The molecule has 11 heteroatoms. The summed E-state index contributed by atoms with van der Waals surface area (Å²) >= 11 is 6.60. The van der Waals surface area contributed by atoms with E-state index in [1.807, 2.05) is 0 Å². The zero-order valence-electron chi connectivity index (χ0n) is 20.9. The van der Waals surface area contributed by atoms with Crippen LogP contribution in [0.15, 0.2) is 42.6 Å². The summed E-state index contributed by atoms with van der Waals surface area (Å²) in [4.78, 5) is 27.1. The fourth-order valence-electron chi connectivity index (χ4n) is 3.81. The first-order valence-corrected chi connectivity index (χ1v) is 12.1. The molecule has 0 unspecified atom stereocenters. The lowest BCUT2D eigenvalue weighted by atomic mass is 10.1. The maximum atomic E-state index is 13.0. The van der Waals surface area contributed by atoms with E-state index in [1.165, 1.54) is 6.08 Å². The molecule has 2 amide bonds. The van der Waals surface area contributed by atoms with Crippen LogP contribution in [0.25, 0.3) is 0 Å². The van der Waals surface area contributed by atoms with Gasteiger partial charge in [-0.1, -0.05) is 11.6 Å². The minimum atomic E-state index is -0.449.